The number of carbonyl (C=O) groups excluding carboxylic acids is 1. The van der Waals surface area contributed by atoms with Gasteiger partial charge < -0.3 is 9.90 Å². The molecule has 2 rings (SSSR count). The van der Waals surface area contributed by atoms with Crippen molar-refractivity contribution in [3.05, 3.63) is 71.8 Å². The number of rotatable bonds is 4. The van der Waals surface area contributed by atoms with E-state index in [0.29, 0.717) is 0 Å². The number of benzene rings is 2. The quantitative estimate of drug-likeness (QED) is 0.821. The second kappa shape index (κ2) is 5.50. The van der Waals surface area contributed by atoms with Crippen molar-refractivity contribution in [3.63, 3.8) is 0 Å². The van der Waals surface area contributed by atoms with Crippen molar-refractivity contribution in [2.45, 2.75) is 18.8 Å². The zero-order valence-corrected chi connectivity index (χ0v) is 10.2. The van der Waals surface area contributed by atoms with E-state index in [1.54, 1.807) is 0 Å². The van der Waals surface area contributed by atoms with Crippen LogP contribution in [0.2, 0.25) is 0 Å². The molecule has 0 unspecified atom stereocenters. The van der Waals surface area contributed by atoms with Crippen LogP contribution >= 0.6 is 0 Å². The summed E-state index contributed by atoms with van der Waals surface area (Å²) in [5.74, 6) is -1.76. The molecule has 0 radical (unpaired) electrons. The molecule has 18 heavy (non-hydrogen) atoms. The summed E-state index contributed by atoms with van der Waals surface area (Å²) in [6.07, 6.45) is 0. The predicted octanol–water partition coefficient (Wildman–Crippen LogP) is 2.32. The lowest BCUT2D eigenvalue weighted by Gasteiger charge is -2.25. The fourth-order valence-corrected chi connectivity index (χ4v) is 2.24. The van der Waals surface area contributed by atoms with Crippen molar-refractivity contribution >= 4 is 5.97 Å². The van der Waals surface area contributed by atoms with Gasteiger partial charge in [-0.3, -0.25) is 0 Å². The van der Waals surface area contributed by atoms with E-state index < -0.39 is 11.9 Å². The molecule has 0 heterocycles. The molecule has 92 valence electrons. The molecule has 0 fully saturated rings. The first-order valence-electron chi connectivity index (χ1n) is 6.01. The Morgan fingerprint density at radius 1 is 0.889 bits per heavy atom. The summed E-state index contributed by atoms with van der Waals surface area (Å²) < 4.78 is 0. The van der Waals surface area contributed by atoms with Crippen LogP contribution in [0.1, 0.15) is 29.9 Å². The highest BCUT2D eigenvalue weighted by atomic mass is 16.4. The average Bonchev–Trinajstić information content (AvgIpc) is 2.40. The Morgan fingerprint density at radius 2 is 1.33 bits per heavy atom. The Kier molecular flexibility index (Phi) is 3.78. The van der Waals surface area contributed by atoms with Crippen molar-refractivity contribution in [1.82, 2.24) is 0 Å². The van der Waals surface area contributed by atoms with Crippen LogP contribution in [0.25, 0.3) is 0 Å². The van der Waals surface area contributed by atoms with Crippen molar-refractivity contribution < 1.29 is 9.90 Å². The standard InChI is InChI=1S/C16H16O2/c1-12(13-8-4-2-5-9-13)15(16(17)18)14-10-6-3-7-11-14/h2-12,15H,1H3,(H,17,18)/p-1/t12-,15-/m0/s1. The molecule has 2 aromatic rings. The number of hydrogen-bond donors (Lipinski definition) is 0. The maximum Gasteiger partial charge on any atom is 0.0495 e. The summed E-state index contributed by atoms with van der Waals surface area (Å²) in [7, 11) is 0. The molecule has 0 bridgehead atoms. The third-order valence-electron chi connectivity index (χ3n) is 3.24. The van der Waals surface area contributed by atoms with Crippen molar-refractivity contribution in [1.29, 1.82) is 0 Å². The zero-order chi connectivity index (χ0) is 13.0. The van der Waals surface area contributed by atoms with Gasteiger partial charge in [0, 0.05) is 11.9 Å². The van der Waals surface area contributed by atoms with Gasteiger partial charge in [-0.05, 0) is 17.0 Å². The van der Waals surface area contributed by atoms with Gasteiger partial charge in [-0.15, -0.1) is 0 Å². The highest BCUT2D eigenvalue weighted by Gasteiger charge is 2.21. The van der Waals surface area contributed by atoms with Crippen molar-refractivity contribution in [2.75, 3.05) is 0 Å². The molecule has 0 saturated carbocycles. The fraction of sp³-hybridized carbons (Fsp3) is 0.188. The van der Waals surface area contributed by atoms with Crippen LogP contribution in [0.4, 0.5) is 0 Å². The molecule has 0 aliphatic rings. The monoisotopic (exact) mass is 239 g/mol. The molecular formula is C16H15O2-. The lowest BCUT2D eigenvalue weighted by molar-refractivity contribution is -0.308. The maximum absolute atomic E-state index is 11.4. The lowest BCUT2D eigenvalue weighted by Crippen LogP contribution is -2.32. The normalized spacial score (nSPS) is 13.8. The summed E-state index contributed by atoms with van der Waals surface area (Å²) in [5.41, 5.74) is 1.80. The van der Waals surface area contributed by atoms with E-state index in [4.69, 9.17) is 0 Å². The van der Waals surface area contributed by atoms with Crippen LogP contribution in [-0.4, -0.2) is 5.97 Å². The topological polar surface area (TPSA) is 40.1 Å². The number of aliphatic carboxylic acids is 1. The van der Waals surface area contributed by atoms with E-state index in [-0.39, 0.29) is 5.92 Å². The van der Waals surface area contributed by atoms with E-state index >= 15 is 0 Å². The summed E-state index contributed by atoms with van der Waals surface area (Å²) in [5, 5.41) is 11.4. The van der Waals surface area contributed by atoms with Gasteiger partial charge in [-0.2, -0.15) is 0 Å². The van der Waals surface area contributed by atoms with Crippen LogP contribution in [0, 0.1) is 0 Å². The first-order chi connectivity index (χ1) is 8.70. The fourth-order valence-electron chi connectivity index (χ4n) is 2.24. The summed E-state index contributed by atoms with van der Waals surface area (Å²) >= 11 is 0. The Morgan fingerprint density at radius 3 is 1.78 bits per heavy atom. The van der Waals surface area contributed by atoms with Crippen molar-refractivity contribution in [3.8, 4) is 0 Å². The van der Waals surface area contributed by atoms with E-state index in [9.17, 15) is 9.90 Å². The Balaban J connectivity index is 2.35. The summed E-state index contributed by atoms with van der Waals surface area (Å²) in [6, 6.07) is 18.9. The molecular weight excluding hydrogens is 224 g/mol. The van der Waals surface area contributed by atoms with Gasteiger partial charge in [0.15, 0.2) is 0 Å². The van der Waals surface area contributed by atoms with Crippen LogP contribution in [-0.2, 0) is 4.79 Å². The molecule has 2 heteroatoms. The van der Waals surface area contributed by atoms with Crippen LogP contribution in [0.5, 0.6) is 0 Å². The molecule has 0 saturated heterocycles. The smallest absolute Gasteiger partial charge is 0.0495 e. The van der Waals surface area contributed by atoms with E-state index in [0.717, 1.165) is 11.1 Å². The third kappa shape index (κ3) is 2.59. The Hall–Kier alpha value is -2.09. The van der Waals surface area contributed by atoms with E-state index in [1.165, 1.54) is 0 Å². The molecule has 2 aromatic carbocycles. The number of carbonyl (C=O) groups is 1. The molecule has 0 aromatic heterocycles. The second-order valence-corrected chi connectivity index (χ2v) is 4.41. The van der Waals surface area contributed by atoms with Gasteiger partial charge in [0.25, 0.3) is 0 Å². The highest BCUT2D eigenvalue weighted by Crippen LogP contribution is 2.32. The van der Waals surface area contributed by atoms with Gasteiger partial charge in [0.05, 0.1) is 0 Å². The minimum Gasteiger partial charge on any atom is -0.549 e. The third-order valence-corrected chi connectivity index (χ3v) is 3.24. The van der Waals surface area contributed by atoms with Crippen molar-refractivity contribution in [2.24, 2.45) is 0 Å². The maximum atomic E-state index is 11.4. The first kappa shape index (κ1) is 12.4. The molecule has 2 nitrogen and oxygen atoms in total. The SMILES string of the molecule is C[C@@H](c1ccccc1)[C@H](C(=O)[O-])c1ccccc1. The molecule has 0 aliphatic carbocycles. The first-order valence-corrected chi connectivity index (χ1v) is 6.01. The molecule has 0 amide bonds. The van der Waals surface area contributed by atoms with Gasteiger partial charge in [0.1, 0.15) is 0 Å². The molecule has 0 spiro atoms. The van der Waals surface area contributed by atoms with Gasteiger partial charge in [-0.25, -0.2) is 0 Å². The number of carboxylic acids is 1. The number of carboxylic acid groups (broad SMARTS) is 1. The van der Waals surface area contributed by atoms with E-state index in [1.807, 2.05) is 67.6 Å². The lowest BCUT2D eigenvalue weighted by atomic mass is 9.83. The number of hydrogen-bond acceptors (Lipinski definition) is 2. The highest BCUT2D eigenvalue weighted by molar-refractivity contribution is 5.75. The van der Waals surface area contributed by atoms with Gasteiger partial charge in [-0.1, -0.05) is 67.6 Å². The molecule has 2 atom stereocenters. The Labute approximate surface area is 107 Å². The van der Waals surface area contributed by atoms with Gasteiger partial charge in [0.2, 0.25) is 0 Å². The van der Waals surface area contributed by atoms with Crippen LogP contribution in [0.15, 0.2) is 60.7 Å². The van der Waals surface area contributed by atoms with Crippen LogP contribution in [0.3, 0.4) is 0 Å². The van der Waals surface area contributed by atoms with Gasteiger partial charge >= 0.3 is 0 Å². The summed E-state index contributed by atoms with van der Waals surface area (Å²) in [4.78, 5) is 11.4. The predicted molar refractivity (Wildman–Crippen MR) is 69.0 cm³/mol. The largest absolute Gasteiger partial charge is 0.549 e. The average molecular weight is 239 g/mol. The second-order valence-electron chi connectivity index (χ2n) is 4.41. The molecule has 0 N–H and O–H groups in total. The minimum absolute atomic E-state index is 0.112. The zero-order valence-electron chi connectivity index (χ0n) is 10.2. The summed E-state index contributed by atoms with van der Waals surface area (Å²) in [6.45, 7) is 1.92. The Bertz CT molecular complexity index is 505. The minimum atomic E-state index is -1.03. The molecule has 0 aliphatic heterocycles. The van der Waals surface area contributed by atoms with E-state index in [2.05, 4.69) is 0 Å². The van der Waals surface area contributed by atoms with Crippen LogP contribution < -0.4 is 5.11 Å².